The van der Waals surface area contributed by atoms with Gasteiger partial charge in [0.1, 0.15) is 0 Å². The van der Waals surface area contributed by atoms with Crippen molar-refractivity contribution in [2.45, 2.75) is 19.9 Å². The van der Waals surface area contributed by atoms with Gasteiger partial charge in [0.05, 0.1) is 25.9 Å². The van der Waals surface area contributed by atoms with Crippen molar-refractivity contribution in [1.29, 1.82) is 0 Å². The van der Waals surface area contributed by atoms with Crippen molar-refractivity contribution in [1.82, 2.24) is 5.32 Å². The fourth-order valence-electron chi connectivity index (χ4n) is 1.70. The molecule has 0 bridgehead atoms. The lowest BCUT2D eigenvalue weighted by Gasteiger charge is -2.17. The second kappa shape index (κ2) is 8.23. The molecular weight excluding hydrogens is 214 g/mol. The molecule has 3 nitrogen and oxygen atoms in total. The summed E-state index contributed by atoms with van der Waals surface area (Å²) in [6.07, 6.45) is 0. The lowest BCUT2D eigenvalue weighted by atomic mass is 10.1. The standard InChI is InChI=1S/C14H23NO2/c1-4-16-8-9-17-11-14(15-3)13-7-5-6-12(2)10-13/h5-7,10,14-15H,4,8-9,11H2,1-3H3. The van der Waals surface area contributed by atoms with Crippen LogP contribution in [-0.2, 0) is 9.47 Å². The molecular formula is C14H23NO2. The van der Waals surface area contributed by atoms with Gasteiger partial charge in [-0.15, -0.1) is 0 Å². The zero-order valence-electron chi connectivity index (χ0n) is 11.0. The zero-order valence-corrected chi connectivity index (χ0v) is 11.0. The quantitative estimate of drug-likeness (QED) is 0.704. The highest BCUT2D eigenvalue weighted by molar-refractivity contribution is 5.25. The molecule has 0 radical (unpaired) electrons. The van der Waals surface area contributed by atoms with E-state index in [0.29, 0.717) is 19.8 Å². The number of aryl methyl sites for hydroxylation is 1. The van der Waals surface area contributed by atoms with Gasteiger partial charge in [-0.2, -0.15) is 0 Å². The minimum Gasteiger partial charge on any atom is -0.379 e. The van der Waals surface area contributed by atoms with Gasteiger partial charge < -0.3 is 14.8 Å². The van der Waals surface area contributed by atoms with Crippen molar-refractivity contribution < 1.29 is 9.47 Å². The van der Waals surface area contributed by atoms with Crippen LogP contribution in [0, 0.1) is 6.92 Å². The molecule has 0 amide bonds. The molecule has 1 rings (SSSR count). The normalized spacial score (nSPS) is 12.6. The van der Waals surface area contributed by atoms with E-state index >= 15 is 0 Å². The summed E-state index contributed by atoms with van der Waals surface area (Å²) >= 11 is 0. The van der Waals surface area contributed by atoms with E-state index in [0.717, 1.165) is 6.61 Å². The topological polar surface area (TPSA) is 30.5 Å². The Labute approximate surface area is 104 Å². The summed E-state index contributed by atoms with van der Waals surface area (Å²) in [7, 11) is 1.96. The second-order valence-corrected chi connectivity index (χ2v) is 4.03. The van der Waals surface area contributed by atoms with Crippen LogP contribution in [0.1, 0.15) is 24.1 Å². The molecule has 1 unspecified atom stereocenters. The number of rotatable bonds is 8. The molecule has 1 aromatic rings. The number of hydrogen-bond donors (Lipinski definition) is 1. The summed E-state index contributed by atoms with van der Waals surface area (Å²) in [5.41, 5.74) is 2.54. The van der Waals surface area contributed by atoms with Crippen LogP contribution in [0.3, 0.4) is 0 Å². The highest BCUT2D eigenvalue weighted by Gasteiger charge is 2.08. The van der Waals surface area contributed by atoms with Crippen molar-refractivity contribution in [3.8, 4) is 0 Å². The zero-order chi connectivity index (χ0) is 12.5. The van der Waals surface area contributed by atoms with Gasteiger partial charge in [-0.1, -0.05) is 29.8 Å². The molecule has 96 valence electrons. The van der Waals surface area contributed by atoms with Gasteiger partial charge >= 0.3 is 0 Å². The summed E-state index contributed by atoms with van der Waals surface area (Å²) in [5, 5.41) is 3.27. The second-order valence-electron chi connectivity index (χ2n) is 4.03. The molecule has 0 heterocycles. The molecule has 0 saturated carbocycles. The smallest absolute Gasteiger partial charge is 0.0701 e. The third-order valence-corrected chi connectivity index (χ3v) is 2.65. The highest BCUT2D eigenvalue weighted by Crippen LogP contribution is 2.14. The highest BCUT2D eigenvalue weighted by atomic mass is 16.5. The summed E-state index contributed by atoms with van der Waals surface area (Å²) in [4.78, 5) is 0. The Morgan fingerprint density at radius 2 is 2.00 bits per heavy atom. The van der Waals surface area contributed by atoms with Crippen LogP contribution in [0.5, 0.6) is 0 Å². The van der Waals surface area contributed by atoms with E-state index in [2.05, 4.69) is 36.5 Å². The Morgan fingerprint density at radius 3 is 2.65 bits per heavy atom. The van der Waals surface area contributed by atoms with E-state index < -0.39 is 0 Å². The monoisotopic (exact) mass is 237 g/mol. The van der Waals surface area contributed by atoms with Crippen LogP contribution < -0.4 is 5.32 Å². The summed E-state index contributed by atoms with van der Waals surface area (Å²) < 4.78 is 10.8. The lowest BCUT2D eigenvalue weighted by molar-refractivity contribution is 0.0441. The van der Waals surface area contributed by atoms with E-state index in [1.807, 2.05) is 14.0 Å². The third kappa shape index (κ3) is 5.31. The fraction of sp³-hybridized carbons (Fsp3) is 0.571. The largest absolute Gasteiger partial charge is 0.379 e. The Kier molecular flexibility index (Phi) is 6.86. The number of likely N-dealkylation sites (N-methyl/N-ethyl adjacent to an activating group) is 1. The van der Waals surface area contributed by atoms with Gasteiger partial charge in [-0.3, -0.25) is 0 Å². The van der Waals surface area contributed by atoms with E-state index in [1.54, 1.807) is 0 Å². The van der Waals surface area contributed by atoms with Crippen LogP contribution in [0.2, 0.25) is 0 Å². The maximum atomic E-state index is 5.60. The van der Waals surface area contributed by atoms with E-state index in [9.17, 15) is 0 Å². The van der Waals surface area contributed by atoms with Gasteiger partial charge in [-0.05, 0) is 26.5 Å². The average Bonchev–Trinajstić information content (AvgIpc) is 2.34. The van der Waals surface area contributed by atoms with Crippen molar-refractivity contribution in [3.05, 3.63) is 35.4 Å². The first-order valence-corrected chi connectivity index (χ1v) is 6.17. The van der Waals surface area contributed by atoms with Gasteiger partial charge in [0.2, 0.25) is 0 Å². The van der Waals surface area contributed by atoms with E-state index in [4.69, 9.17) is 9.47 Å². The Balaban J connectivity index is 2.38. The fourth-order valence-corrected chi connectivity index (χ4v) is 1.70. The average molecular weight is 237 g/mol. The third-order valence-electron chi connectivity index (χ3n) is 2.65. The van der Waals surface area contributed by atoms with Crippen molar-refractivity contribution in [3.63, 3.8) is 0 Å². The van der Waals surface area contributed by atoms with Crippen LogP contribution in [0.4, 0.5) is 0 Å². The molecule has 0 spiro atoms. The number of ether oxygens (including phenoxy) is 2. The molecule has 0 aromatic heterocycles. The molecule has 1 atom stereocenters. The molecule has 0 aliphatic rings. The molecule has 0 saturated heterocycles. The molecule has 0 aliphatic carbocycles. The molecule has 3 heteroatoms. The summed E-state index contributed by atoms with van der Waals surface area (Å²) in [6, 6.07) is 8.74. The summed E-state index contributed by atoms with van der Waals surface area (Å²) in [5.74, 6) is 0. The van der Waals surface area contributed by atoms with Crippen molar-refractivity contribution in [2.24, 2.45) is 0 Å². The van der Waals surface area contributed by atoms with Crippen molar-refractivity contribution in [2.75, 3.05) is 33.5 Å². The van der Waals surface area contributed by atoms with Gasteiger partial charge in [0.25, 0.3) is 0 Å². The molecule has 1 N–H and O–H groups in total. The van der Waals surface area contributed by atoms with E-state index in [1.165, 1.54) is 11.1 Å². The first-order chi connectivity index (χ1) is 8.27. The van der Waals surface area contributed by atoms with E-state index in [-0.39, 0.29) is 6.04 Å². The first-order valence-electron chi connectivity index (χ1n) is 6.17. The maximum absolute atomic E-state index is 5.60. The lowest BCUT2D eigenvalue weighted by Crippen LogP contribution is -2.22. The Morgan fingerprint density at radius 1 is 1.24 bits per heavy atom. The Bertz CT molecular complexity index is 315. The minimum absolute atomic E-state index is 0.247. The van der Waals surface area contributed by atoms with Gasteiger partial charge in [0, 0.05) is 6.61 Å². The maximum Gasteiger partial charge on any atom is 0.0701 e. The van der Waals surface area contributed by atoms with Crippen LogP contribution in [0.15, 0.2) is 24.3 Å². The molecule has 0 aliphatic heterocycles. The van der Waals surface area contributed by atoms with Gasteiger partial charge in [0.15, 0.2) is 0 Å². The van der Waals surface area contributed by atoms with Crippen LogP contribution in [0.25, 0.3) is 0 Å². The predicted octanol–water partition coefficient (Wildman–Crippen LogP) is 2.31. The SMILES string of the molecule is CCOCCOCC(NC)c1cccc(C)c1. The number of hydrogen-bond acceptors (Lipinski definition) is 3. The first kappa shape index (κ1) is 14.2. The molecule has 0 fully saturated rings. The summed E-state index contributed by atoms with van der Waals surface area (Å²) in [6.45, 7) is 6.83. The molecule has 17 heavy (non-hydrogen) atoms. The predicted molar refractivity (Wildman–Crippen MR) is 70.3 cm³/mol. The van der Waals surface area contributed by atoms with Gasteiger partial charge in [-0.25, -0.2) is 0 Å². The number of benzene rings is 1. The molecule has 1 aromatic carbocycles. The Hall–Kier alpha value is -0.900. The van der Waals surface area contributed by atoms with Crippen LogP contribution in [-0.4, -0.2) is 33.5 Å². The number of nitrogens with one attached hydrogen (secondary N) is 1. The minimum atomic E-state index is 0.247. The van der Waals surface area contributed by atoms with Crippen LogP contribution >= 0.6 is 0 Å². The van der Waals surface area contributed by atoms with Crippen molar-refractivity contribution >= 4 is 0 Å².